The van der Waals surface area contributed by atoms with Gasteiger partial charge >= 0.3 is 0 Å². The van der Waals surface area contributed by atoms with Gasteiger partial charge in [0.15, 0.2) is 0 Å². The fraction of sp³-hybridized carbons (Fsp3) is 0. The second-order valence-corrected chi connectivity index (χ2v) is 10.3. The van der Waals surface area contributed by atoms with Gasteiger partial charge in [0.25, 0.3) is 0 Å². The van der Waals surface area contributed by atoms with Gasteiger partial charge in [-0.25, -0.2) is 0 Å². The molecular weight excluding hydrogens is 458 g/mol. The minimum atomic E-state index is 0.302. The first-order valence-corrected chi connectivity index (χ1v) is 12.4. The maximum Gasteiger partial charge on any atom is 0.125 e. The second-order valence-electron chi connectivity index (χ2n) is 8.81. The van der Waals surface area contributed by atoms with Crippen LogP contribution in [0.2, 0.25) is 5.02 Å². The molecule has 2 nitrogen and oxygen atoms in total. The number of phenols is 1. The van der Waals surface area contributed by atoms with Crippen LogP contribution in [0.5, 0.6) is 5.75 Å². The van der Waals surface area contributed by atoms with Crippen LogP contribution in [0.4, 0.5) is 0 Å². The van der Waals surface area contributed by atoms with E-state index in [-0.39, 0.29) is 0 Å². The van der Waals surface area contributed by atoms with Crippen LogP contribution in [-0.2, 0) is 0 Å². The molecule has 0 aliphatic carbocycles. The third-order valence-electron chi connectivity index (χ3n) is 7.10. The lowest BCUT2D eigenvalue weighted by Gasteiger charge is -2.14. The molecule has 0 saturated carbocycles. The SMILES string of the molecule is Oc1ccc2c3c1c1ccccc1n3-c1ccccc1-c1cc(Cl)c3c(sc4ccccc43)c1-2. The van der Waals surface area contributed by atoms with E-state index in [4.69, 9.17) is 11.6 Å². The molecule has 5 aromatic carbocycles. The summed E-state index contributed by atoms with van der Waals surface area (Å²) >= 11 is 8.79. The molecule has 0 atom stereocenters. The van der Waals surface area contributed by atoms with E-state index in [0.717, 1.165) is 54.6 Å². The number of rotatable bonds is 0. The number of halogens is 1. The van der Waals surface area contributed by atoms with Crippen LogP contribution < -0.4 is 0 Å². The maximum atomic E-state index is 11.1. The van der Waals surface area contributed by atoms with Crippen molar-refractivity contribution in [1.29, 1.82) is 0 Å². The van der Waals surface area contributed by atoms with Gasteiger partial charge in [0.1, 0.15) is 5.75 Å². The Morgan fingerprint density at radius 2 is 1.47 bits per heavy atom. The number of thiophene rings is 1. The van der Waals surface area contributed by atoms with Crippen molar-refractivity contribution in [2.24, 2.45) is 0 Å². The number of nitrogens with zero attached hydrogens (tertiary/aromatic N) is 1. The molecule has 0 fully saturated rings. The molecule has 1 N–H and O–H groups in total. The first-order chi connectivity index (χ1) is 16.7. The number of hydrogen-bond donors (Lipinski definition) is 1. The van der Waals surface area contributed by atoms with Gasteiger partial charge in [0, 0.05) is 42.2 Å². The molecule has 0 unspecified atom stereocenters. The van der Waals surface area contributed by atoms with Crippen LogP contribution >= 0.6 is 22.9 Å². The standard InChI is InChI=1S/C30H16ClNOS/c31-21-15-20-16-7-1-4-10-22(16)32-23-11-5-2-8-17(23)28-24(33)14-13-19(29(28)32)26(20)30-27(21)18-9-3-6-12-25(18)34-30/h1-15,33H. The number of aromatic nitrogens is 1. The number of aromatic hydroxyl groups is 1. The Kier molecular flexibility index (Phi) is 3.51. The van der Waals surface area contributed by atoms with E-state index >= 15 is 0 Å². The van der Waals surface area contributed by atoms with Gasteiger partial charge in [0.05, 0.1) is 27.1 Å². The topological polar surface area (TPSA) is 25.2 Å². The first-order valence-electron chi connectivity index (χ1n) is 11.2. The quantitative estimate of drug-likeness (QED) is 0.233. The predicted molar refractivity (Wildman–Crippen MR) is 145 cm³/mol. The molecule has 160 valence electrons. The van der Waals surface area contributed by atoms with Crippen molar-refractivity contribution in [1.82, 2.24) is 4.57 Å². The molecule has 2 aromatic heterocycles. The van der Waals surface area contributed by atoms with Crippen LogP contribution in [0.25, 0.3) is 69.9 Å². The number of fused-ring (bicyclic) bond motifs is 12. The van der Waals surface area contributed by atoms with Crippen molar-refractivity contribution in [3.05, 3.63) is 96.0 Å². The Morgan fingerprint density at radius 1 is 0.706 bits per heavy atom. The Morgan fingerprint density at radius 3 is 2.38 bits per heavy atom. The van der Waals surface area contributed by atoms with Gasteiger partial charge in [-0.05, 0) is 42.0 Å². The van der Waals surface area contributed by atoms with Crippen molar-refractivity contribution in [3.8, 4) is 33.7 Å². The molecule has 0 bridgehead atoms. The molecule has 0 amide bonds. The molecule has 3 heterocycles. The van der Waals surface area contributed by atoms with E-state index in [1.165, 1.54) is 20.3 Å². The van der Waals surface area contributed by atoms with Crippen molar-refractivity contribution in [2.75, 3.05) is 0 Å². The van der Waals surface area contributed by atoms with Crippen molar-refractivity contribution >= 4 is 64.9 Å². The minimum absolute atomic E-state index is 0.302. The third-order valence-corrected chi connectivity index (χ3v) is 8.59. The molecular formula is C30H16ClNOS. The summed E-state index contributed by atoms with van der Waals surface area (Å²) in [4.78, 5) is 0. The van der Waals surface area contributed by atoms with Crippen molar-refractivity contribution in [2.45, 2.75) is 0 Å². The molecule has 34 heavy (non-hydrogen) atoms. The van der Waals surface area contributed by atoms with Crippen molar-refractivity contribution in [3.63, 3.8) is 0 Å². The summed E-state index contributed by atoms with van der Waals surface area (Å²) in [6.07, 6.45) is 0. The summed E-state index contributed by atoms with van der Waals surface area (Å²) in [5.74, 6) is 0.302. The van der Waals surface area contributed by atoms with E-state index in [1.807, 2.05) is 12.1 Å². The monoisotopic (exact) mass is 473 g/mol. The predicted octanol–water partition coefficient (Wildman–Crippen LogP) is 9.16. The summed E-state index contributed by atoms with van der Waals surface area (Å²) in [7, 11) is 0. The highest BCUT2D eigenvalue weighted by atomic mass is 35.5. The lowest BCUT2D eigenvalue weighted by atomic mass is 9.92. The molecule has 4 heteroatoms. The summed E-state index contributed by atoms with van der Waals surface area (Å²) < 4.78 is 4.72. The van der Waals surface area contributed by atoms with Gasteiger partial charge in [0.2, 0.25) is 0 Å². The molecule has 0 saturated heterocycles. The highest BCUT2D eigenvalue weighted by Gasteiger charge is 2.28. The van der Waals surface area contributed by atoms with Gasteiger partial charge < -0.3 is 9.67 Å². The molecule has 1 aliphatic rings. The smallest absolute Gasteiger partial charge is 0.125 e. The van der Waals surface area contributed by atoms with Gasteiger partial charge in [-0.1, -0.05) is 66.2 Å². The number of phenolic OH excluding ortho intramolecular Hbond substituents is 1. The lowest BCUT2D eigenvalue weighted by molar-refractivity contribution is 0.482. The molecule has 7 aromatic rings. The van der Waals surface area contributed by atoms with E-state index in [9.17, 15) is 5.11 Å². The van der Waals surface area contributed by atoms with Crippen LogP contribution in [0.15, 0.2) is 91.0 Å². The molecule has 8 rings (SSSR count). The molecule has 1 aliphatic heterocycles. The summed E-state index contributed by atoms with van der Waals surface area (Å²) in [6.45, 7) is 0. The zero-order valence-electron chi connectivity index (χ0n) is 17.8. The zero-order chi connectivity index (χ0) is 22.6. The average Bonchev–Trinajstić information content (AvgIpc) is 3.39. The van der Waals surface area contributed by atoms with Gasteiger partial charge in [-0.2, -0.15) is 0 Å². The van der Waals surface area contributed by atoms with Gasteiger partial charge in [-0.15, -0.1) is 11.3 Å². The van der Waals surface area contributed by atoms with Crippen LogP contribution in [0.3, 0.4) is 0 Å². The fourth-order valence-corrected chi connectivity index (χ4v) is 7.41. The number of benzene rings is 5. The first kappa shape index (κ1) is 18.6. The summed E-state index contributed by atoms with van der Waals surface area (Å²) in [5.41, 5.74) is 7.77. The van der Waals surface area contributed by atoms with E-state index in [2.05, 4.69) is 83.4 Å². The molecule has 0 spiro atoms. The highest BCUT2D eigenvalue weighted by molar-refractivity contribution is 7.26. The Hall–Kier alpha value is -3.79. The van der Waals surface area contributed by atoms with E-state index in [1.54, 1.807) is 11.3 Å². The largest absolute Gasteiger partial charge is 0.507 e. The lowest BCUT2D eigenvalue weighted by Crippen LogP contribution is -1.95. The normalized spacial score (nSPS) is 12.4. The zero-order valence-corrected chi connectivity index (χ0v) is 19.4. The second kappa shape index (κ2) is 6.41. The van der Waals surface area contributed by atoms with Crippen LogP contribution in [0.1, 0.15) is 0 Å². The van der Waals surface area contributed by atoms with Crippen molar-refractivity contribution < 1.29 is 5.11 Å². The Bertz CT molecular complexity index is 2000. The maximum absolute atomic E-state index is 11.1. The van der Waals surface area contributed by atoms with Gasteiger partial charge in [-0.3, -0.25) is 0 Å². The highest BCUT2D eigenvalue weighted by Crippen LogP contribution is 2.54. The number of hydrogen-bond acceptors (Lipinski definition) is 2. The number of para-hydroxylation sites is 2. The Labute approximate surface area is 203 Å². The fourth-order valence-electron chi connectivity index (χ4n) is 5.76. The van der Waals surface area contributed by atoms with E-state index < -0.39 is 0 Å². The Balaban J connectivity index is 1.72. The molecule has 0 radical (unpaired) electrons. The third kappa shape index (κ3) is 2.17. The summed E-state index contributed by atoms with van der Waals surface area (Å²) in [6, 6.07) is 31.3. The van der Waals surface area contributed by atoms with Crippen LogP contribution in [-0.4, -0.2) is 9.67 Å². The van der Waals surface area contributed by atoms with E-state index in [0.29, 0.717) is 5.75 Å². The minimum Gasteiger partial charge on any atom is -0.507 e. The van der Waals surface area contributed by atoms with Crippen LogP contribution in [0, 0.1) is 0 Å². The average molecular weight is 474 g/mol. The summed E-state index contributed by atoms with van der Waals surface area (Å²) in [5, 5.41) is 16.1.